The van der Waals surface area contributed by atoms with E-state index in [1.165, 1.54) is 0 Å². The second-order valence-corrected chi connectivity index (χ2v) is 1.71. The summed E-state index contributed by atoms with van der Waals surface area (Å²) < 4.78 is 35.7. The zero-order chi connectivity index (χ0) is 11.7. The summed E-state index contributed by atoms with van der Waals surface area (Å²) in [6.45, 7) is -1.74. The van der Waals surface area contributed by atoms with E-state index in [1.54, 1.807) is 0 Å². The molecule has 0 bridgehead atoms. The van der Waals surface area contributed by atoms with Crippen LogP contribution in [-0.4, -0.2) is 17.1 Å². The van der Waals surface area contributed by atoms with Crippen molar-refractivity contribution in [2.75, 3.05) is 0 Å². The molecule has 9 heavy (non-hydrogen) atoms. The van der Waals surface area contributed by atoms with Crippen molar-refractivity contribution in [1.29, 1.82) is 0 Å². The van der Waals surface area contributed by atoms with E-state index in [4.69, 9.17) is 17.7 Å². The first-order chi connectivity index (χ1) is 6.01. The molecular weight excluding hydrogens is 119 g/mol. The molecule has 1 unspecified atom stereocenters. The summed E-state index contributed by atoms with van der Waals surface area (Å²) in [4.78, 5) is 10.4. The van der Waals surface area contributed by atoms with Crippen LogP contribution < -0.4 is 5.73 Å². The standard InChI is InChI=1S/C6H13NO2/c1-4(2)3-5(7)6(8)9/h4-5H,3,7H2,1-2H3,(H,8,9)/t5-/m1/s1/i1D3,2+1,3D,4D/t3-,4?,5+/m0. The zero-order valence-electron chi connectivity index (χ0n) is 10.1. The molecule has 0 aliphatic carbocycles. The van der Waals surface area contributed by atoms with Crippen LogP contribution in [0.4, 0.5) is 0 Å². The highest BCUT2D eigenvalue weighted by molar-refractivity contribution is 5.72. The molecule has 0 radical (unpaired) electrons. The highest BCUT2D eigenvalue weighted by Crippen LogP contribution is 2.01. The third-order valence-electron chi connectivity index (χ3n) is 0.715. The Morgan fingerprint density at radius 1 is 2.22 bits per heavy atom. The van der Waals surface area contributed by atoms with Crippen LogP contribution in [0.2, 0.25) is 0 Å². The molecule has 0 aromatic carbocycles. The van der Waals surface area contributed by atoms with E-state index in [9.17, 15) is 4.79 Å². The molecule has 0 rings (SSSR count). The molecule has 0 aliphatic rings. The van der Waals surface area contributed by atoms with Gasteiger partial charge in [0, 0.05) is 6.85 Å². The fourth-order valence-electron chi connectivity index (χ4n) is 0.341. The van der Waals surface area contributed by atoms with Crippen LogP contribution in [0.25, 0.3) is 0 Å². The summed E-state index contributed by atoms with van der Waals surface area (Å²) in [5.41, 5.74) is 5.09. The second-order valence-electron chi connectivity index (χ2n) is 1.71. The Morgan fingerprint density at radius 2 is 2.78 bits per heavy atom. The van der Waals surface area contributed by atoms with E-state index < -0.39 is 31.2 Å². The number of nitrogens with two attached hydrogens (primary N) is 1. The topological polar surface area (TPSA) is 63.3 Å². The number of hydrogen-bond donors (Lipinski definition) is 2. The van der Waals surface area contributed by atoms with Gasteiger partial charge in [-0.25, -0.2) is 0 Å². The fourth-order valence-corrected chi connectivity index (χ4v) is 0.341. The first-order valence-corrected chi connectivity index (χ1v) is 2.42. The van der Waals surface area contributed by atoms with Crippen LogP contribution in [0.1, 0.15) is 27.0 Å². The van der Waals surface area contributed by atoms with Crippen LogP contribution >= 0.6 is 0 Å². The largest absolute Gasteiger partial charge is 0.480 e. The van der Waals surface area contributed by atoms with Gasteiger partial charge in [0.15, 0.2) is 0 Å². The van der Waals surface area contributed by atoms with Crippen molar-refractivity contribution in [2.45, 2.75) is 26.2 Å². The third kappa shape index (κ3) is 3.97. The van der Waals surface area contributed by atoms with Crippen molar-refractivity contribution in [3.05, 3.63) is 0 Å². The van der Waals surface area contributed by atoms with Gasteiger partial charge in [-0.2, -0.15) is 0 Å². The number of carboxylic acid groups (broad SMARTS) is 1. The fraction of sp³-hybridized carbons (Fsp3) is 0.833. The minimum Gasteiger partial charge on any atom is -0.480 e. The average molecular weight is 137 g/mol. The Bertz CT molecular complexity index is 227. The molecule has 0 aliphatic heterocycles. The van der Waals surface area contributed by atoms with Gasteiger partial charge in [0.25, 0.3) is 0 Å². The van der Waals surface area contributed by atoms with Crippen LogP contribution in [-0.2, 0) is 4.79 Å². The summed E-state index contributed by atoms with van der Waals surface area (Å²) >= 11 is 0. The van der Waals surface area contributed by atoms with Gasteiger partial charge in [0.2, 0.25) is 0 Å². The lowest BCUT2D eigenvalue weighted by molar-refractivity contribution is -0.138. The SMILES string of the molecule is [2H][C@H]([C@@H](N)C(=O)O)C([2H])([13CH3])C([2H])([2H])[2H]. The van der Waals surface area contributed by atoms with E-state index in [-0.39, 0.29) is 0 Å². The predicted octanol–water partition coefficient (Wildman–Crippen LogP) is 0.444. The summed E-state index contributed by atoms with van der Waals surface area (Å²) in [7, 11) is 0. The molecule has 0 spiro atoms. The Kier molecular flexibility index (Phi) is 1.16. The maximum absolute atomic E-state index is 10.4. The molecule has 0 heterocycles. The Labute approximate surface area is 61.9 Å². The van der Waals surface area contributed by atoms with E-state index in [0.717, 1.165) is 6.92 Å². The Hall–Kier alpha value is -0.570. The van der Waals surface area contributed by atoms with Crippen LogP contribution in [0.5, 0.6) is 0 Å². The molecule has 3 atom stereocenters. The van der Waals surface area contributed by atoms with E-state index in [0.29, 0.717) is 0 Å². The first-order valence-electron chi connectivity index (χ1n) is 5.00. The van der Waals surface area contributed by atoms with Crippen LogP contribution in [0, 0.1) is 5.89 Å². The van der Waals surface area contributed by atoms with Crippen molar-refractivity contribution >= 4 is 5.97 Å². The minimum absolute atomic E-state index is 0.987. The quantitative estimate of drug-likeness (QED) is 0.555. The summed E-state index contributed by atoms with van der Waals surface area (Å²) in [6, 6.07) is -1.67. The van der Waals surface area contributed by atoms with Crippen molar-refractivity contribution in [1.82, 2.24) is 0 Å². The van der Waals surface area contributed by atoms with Crippen molar-refractivity contribution in [2.24, 2.45) is 11.6 Å². The average Bonchev–Trinajstić information content (AvgIpc) is 1.99. The van der Waals surface area contributed by atoms with Gasteiger partial charge in [0.1, 0.15) is 6.04 Å². The van der Waals surface area contributed by atoms with Crippen molar-refractivity contribution < 1.29 is 16.8 Å². The normalized spacial score (nSPS) is 33.3. The summed E-state index contributed by atoms with van der Waals surface area (Å²) in [6.07, 6.45) is -1.70. The molecule has 3 N–H and O–H groups in total. The monoisotopic (exact) mass is 137 g/mol. The van der Waals surface area contributed by atoms with Gasteiger partial charge in [-0.05, 0) is 12.3 Å². The molecule has 3 nitrogen and oxygen atoms in total. The number of carbonyl (C=O) groups is 1. The number of carboxylic acids is 1. The molecule has 0 aromatic rings. The molecule has 0 saturated heterocycles. The maximum atomic E-state index is 10.4. The van der Waals surface area contributed by atoms with E-state index >= 15 is 0 Å². The van der Waals surface area contributed by atoms with Crippen LogP contribution in [0.15, 0.2) is 0 Å². The first kappa shape index (κ1) is 3.01. The lowest BCUT2D eigenvalue weighted by Gasteiger charge is -2.07. The minimum atomic E-state index is -2.73. The number of hydrogen-bond acceptors (Lipinski definition) is 2. The molecule has 3 heteroatoms. The molecule has 0 saturated carbocycles. The van der Waals surface area contributed by atoms with Gasteiger partial charge >= 0.3 is 5.97 Å². The van der Waals surface area contributed by atoms with Gasteiger partial charge < -0.3 is 10.8 Å². The van der Waals surface area contributed by atoms with Gasteiger partial charge in [-0.1, -0.05) is 13.8 Å². The van der Waals surface area contributed by atoms with E-state index in [1.807, 2.05) is 0 Å². The van der Waals surface area contributed by atoms with Gasteiger partial charge in [-0.15, -0.1) is 0 Å². The molecular formula is C6H13NO2. The number of aliphatic carboxylic acids is 1. The Morgan fingerprint density at radius 3 is 3.11 bits per heavy atom. The molecule has 0 aromatic heterocycles. The predicted molar refractivity (Wildman–Crippen MR) is 35.1 cm³/mol. The maximum Gasteiger partial charge on any atom is 0.320 e. The number of rotatable bonds is 3. The zero-order valence-corrected chi connectivity index (χ0v) is 5.09. The van der Waals surface area contributed by atoms with Crippen LogP contribution in [0.3, 0.4) is 0 Å². The van der Waals surface area contributed by atoms with Crippen molar-refractivity contribution in [3.63, 3.8) is 0 Å². The summed E-state index contributed by atoms with van der Waals surface area (Å²) in [5.74, 6) is -3.67. The molecule has 54 valence electrons. The highest BCUT2D eigenvalue weighted by Gasteiger charge is 2.11. The Balaban J connectivity index is 4.84. The lowest BCUT2D eigenvalue weighted by atomic mass is 10.1. The highest BCUT2D eigenvalue weighted by atomic mass is 16.4. The molecule has 0 amide bonds. The lowest BCUT2D eigenvalue weighted by Crippen LogP contribution is -2.31. The second kappa shape index (κ2) is 3.45. The summed E-state index contributed by atoms with van der Waals surface area (Å²) in [5, 5.41) is 8.47. The third-order valence-corrected chi connectivity index (χ3v) is 0.715. The van der Waals surface area contributed by atoms with Crippen molar-refractivity contribution in [3.8, 4) is 0 Å². The molecule has 0 fully saturated rings. The van der Waals surface area contributed by atoms with Gasteiger partial charge in [-0.3, -0.25) is 4.79 Å². The van der Waals surface area contributed by atoms with E-state index in [2.05, 4.69) is 0 Å². The smallest absolute Gasteiger partial charge is 0.320 e. The van der Waals surface area contributed by atoms with Gasteiger partial charge in [0.05, 0.1) is 0 Å².